The fraction of sp³-hybridized carbons (Fsp3) is 0.0118. The summed E-state index contributed by atoms with van der Waals surface area (Å²) in [7, 11) is 33.3. The summed E-state index contributed by atoms with van der Waals surface area (Å²) in [5, 5.41) is 4.67. The van der Waals surface area contributed by atoms with Crippen LogP contribution in [0.25, 0.3) is 111 Å². The number of hydrogen-bond acceptors (Lipinski definition) is 12. The van der Waals surface area contributed by atoms with Crippen LogP contribution in [-0.2, 0) is 186 Å². The summed E-state index contributed by atoms with van der Waals surface area (Å²) >= 11 is 18.5. The van der Waals surface area contributed by atoms with Gasteiger partial charge in [-0.25, -0.2) is 25.6 Å². The summed E-state index contributed by atoms with van der Waals surface area (Å²) in [6, 6.07) is 86.7. The van der Waals surface area contributed by atoms with Crippen molar-refractivity contribution in [2.24, 2.45) is 0 Å². The number of hydrogen-bond donors (Lipinski definition) is 0. The number of benzene rings is 12. The number of halogens is 2. The molecule has 650 valence electrons. The number of ketones is 2. The Bertz CT molecular complexity index is 7810. The van der Waals surface area contributed by atoms with Gasteiger partial charge in [0.15, 0.2) is 11.6 Å². The maximum absolute atomic E-state index is 14.4. The number of carbonyl (C=O) groups is 2. The maximum atomic E-state index is 14.4. The summed E-state index contributed by atoms with van der Waals surface area (Å²) in [6.45, 7) is 0.700. The standard InChI is InChI=1S/C48H29N3O3S.C24H13F2NO3S.C13H10.H14P12.S9.S8/c52-48-38-15-5-10-20-46(38)55(53,54)47-24-21-30(27-39(47)48)40-29-49-26-25-32(40)37-23-22-31(50-41-16-6-1-11-33(41)34-12-2-7-17-42(34)50)28-45(37)51-43-18-8-3-13-35(43)36-14-4-9-19-44(36)51;25-15-6-7-17(21(26)12-15)16-9-10-27-13-20(16)14-5-8-23-19(11-14)24(28)18-3-1-2-4-22(18)31(23,29)30;1-3-7-12-10(5-1)9-11-6-2-4-8-13(11)12;1-8(2)11(7)12(9(3)4)10(5)6;1-3-5-7-9-8-6-4-2;1-3-5-7-8-6-4-2/h1-29H;1-13H;1-8H,9H2;1-7H2;;. The van der Waals surface area contributed by atoms with Crippen molar-refractivity contribution in [1.82, 2.24) is 19.1 Å². The van der Waals surface area contributed by atoms with Gasteiger partial charge in [0.1, 0.15) is 11.6 Å². The average Bonchev–Trinajstić information content (AvgIpc) is 1.46. The highest BCUT2D eigenvalue weighted by Crippen LogP contribution is 3.16. The number of aromatic nitrogens is 4. The van der Waals surface area contributed by atoms with Crippen LogP contribution >= 0.6 is 97.4 Å². The van der Waals surface area contributed by atoms with Gasteiger partial charge >= 0.3 is 0 Å². The topological polar surface area (TPSA) is 138 Å². The highest BCUT2D eigenvalue weighted by molar-refractivity contribution is 9.22. The van der Waals surface area contributed by atoms with Crippen molar-refractivity contribution in [2.45, 2.75) is 26.0 Å². The molecule has 8 unspecified atom stereocenters. The second kappa shape index (κ2) is 47.5. The van der Waals surface area contributed by atoms with Gasteiger partial charge in [0.25, 0.3) is 0 Å². The third-order valence-corrected chi connectivity index (χ3v) is 115. The van der Waals surface area contributed by atoms with Crippen LogP contribution in [0.5, 0.6) is 0 Å². The van der Waals surface area contributed by atoms with Crippen LogP contribution in [0, 0.1) is 11.6 Å². The molecule has 0 fully saturated rings. The minimum atomic E-state index is -3.87. The van der Waals surface area contributed by atoms with E-state index >= 15 is 0 Å². The van der Waals surface area contributed by atoms with Crippen LogP contribution in [0.2, 0.25) is 0 Å². The number of para-hydroxylation sites is 4. The van der Waals surface area contributed by atoms with Crippen LogP contribution in [0.3, 0.4) is 0 Å². The van der Waals surface area contributed by atoms with Gasteiger partial charge in [-0.2, -0.15) is 0 Å². The SMILES string of the molecule is O=C1c2ccccc2S(=O)(=O)c2ccc(-c3cnccc3-c3ccc(-n4c5ccccc5c5ccccc54)cc3-n3c4ccccc4c4ccccc43)cc21.O=C1c2ccccc2S(=O)(=O)c2ccc(-c3cnccc3-c3ccc(F)cc3F)cc21.PP(P)P(P)P(P(P)P)P(P)P.S=S=S=S=S=S=S=S.S=S=S=S=S=S=S=S=S.c1ccc2c(c1)Cc1ccccc1-2. The number of carbonyl (C=O) groups excluding carboxylic acids is 2. The molecule has 0 bridgehead atoms. The minimum Gasteiger partial charge on any atom is -0.309 e. The summed E-state index contributed by atoms with van der Waals surface area (Å²) in [4.78, 5) is 35.5. The first kappa shape index (κ1) is 100. The predicted octanol–water partition coefficient (Wildman–Crippen LogP) is 25.9. The van der Waals surface area contributed by atoms with Crippen LogP contribution in [-0.4, -0.2) is 47.5 Å². The molecular weight excluding hydrogens is 2190 g/mol. The number of pyridine rings is 2. The van der Waals surface area contributed by atoms with E-state index in [4.69, 9.17) is 0 Å². The lowest BCUT2D eigenvalue weighted by Crippen LogP contribution is -2.20. The van der Waals surface area contributed by atoms with E-state index < -0.39 is 37.1 Å². The fourth-order valence-electron chi connectivity index (χ4n) is 15.0. The van der Waals surface area contributed by atoms with Gasteiger partial charge in [-0.1, -0.05) is 164 Å². The van der Waals surface area contributed by atoms with E-state index in [1.54, 1.807) is 153 Å². The number of rotatable bonds is 10. The molecule has 10 nitrogen and oxygen atoms in total. The molecule has 3 aliphatic rings. The zero-order valence-corrected chi connectivity index (χ0v) is 93.7. The first-order valence-electron chi connectivity index (χ1n) is 37.1. The Balaban J connectivity index is 0.000000151. The van der Waals surface area contributed by atoms with Gasteiger partial charge < -0.3 is 9.13 Å². The molecule has 0 spiro atoms. The Hall–Kier alpha value is -3.46. The zero-order chi connectivity index (χ0) is 90.3. The molecule has 0 saturated carbocycles. The molecule has 128 heavy (non-hydrogen) atoms. The van der Waals surface area contributed by atoms with Gasteiger partial charge in [-0.05, 0) is 195 Å². The van der Waals surface area contributed by atoms with E-state index in [2.05, 4.69) is 290 Å². The summed E-state index contributed by atoms with van der Waals surface area (Å²) in [5.41, 5.74) is 17.5. The molecule has 0 saturated heterocycles. The Morgan fingerprint density at radius 1 is 0.328 bits per heavy atom. The van der Waals surface area contributed by atoms with Crippen LogP contribution in [0.15, 0.2) is 323 Å². The molecule has 6 heterocycles. The number of sulfone groups is 2. The van der Waals surface area contributed by atoms with Crippen molar-refractivity contribution in [3.05, 3.63) is 349 Å². The molecule has 2 aliphatic heterocycles. The van der Waals surface area contributed by atoms with Crippen LogP contribution in [0.1, 0.15) is 43.0 Å². The van der Waals surface area contributed by atoms with Gasteiger partial charge in [0.05, 0.1) is 47.3 Å². The normalized spacial score (nSPS) is 12.7. The Morgan fingerprint density at radius 2 is 0.688 bits per heavy atom. The molecule has 19 rings (SSSR count). The summed E-state index contributed by atoms with van der Waals surface area (Å²) < 4.78 is 85.9. The first-order chi connectivity index (χ1) is 62.0. The van der Waals surface area contributed by atoms with Crippen LogP contribution < -0.4 is 0 Å². The highest BCUT2D eigenvalue weighted by atomic mass is 33.4. The van der Waals surface area contributed by atoms with Crippen molar-refractivity contribution >= 4 is 332 Å². The quantitative estimate of drug-likeness (QED) is 0.120. The molecule has 43 heteroatoms. The third kappa shape index (κ3) is 22.8. The molecule has 12 aromatic carbocycles. The smallest absolute Gasteiger partial charge is 0.208 e. The van der Waals surface area contributed by atoms with E-state index in [9.17, 15) is 35.2 Å². The van der Waals surface area contributed by atoms with Crippen molar-refractivity contribution in [1.29, 1.82) is 0 Å². The average molecular weight is 2260 g/mol. The monoisotopic (exact) mass is 2260 g/mol. The molecule has 4 aromatic heterocycles. The van der Waals surface area contributed by atoms with Gasteiger partial charge in [0.2, 0.25) is 19.7 Å². The Kier molecular flexibility index (Phi) is 37.3. The lowest BCUT2D eigenvalue weighted by Gasteiger charge is -2.32. The molecular formula is C85H66F2N4O6P12S19. The zero-order valence-electron chi connectivity index (χ0n) is 65.6. The van der Waals surface area contributed by atoms with E-state index in [1.165, 1.54) is 117 Å². The largest absolute Gasteiger partial charge is 0.309 e. The molecule has 0 amide bonds. The van der Waals surface area contributed by atoms with Gasteiger partial charge in [0, 0.05) is 263 Å². The minimum absolute atomic E-state index is 0.0179. The summed E-state index contributed by atoms with van der Waals surface area (Å²) in [6.07, 6.45) is 7.65. The van der Waals surface area contributed by atoms with Crippen molar-refractivity contribution < 1.29 is 35.2 Å². The molecule has 8 atom stereocenters. The molecule has 0 radical (unpaired) electrons. The van der Waals surface area contributed by atoms with Crippen molar-refractivity contribution in [2.75, 3.05) is 0 Å². The highest BCUT2D eigenvalue weighted by Gasteiger charge is 2.37. The van der Waals surface area contributed by atoms with E-state index in [-0.39, 0.29) is 88.1 Å². The predicted molar refractivity (Wildman–Crippen MR) is 612 cm³/mol. The molecule has 0 N–H and O–H groups in total. The van der Waals surface area contributed by atoms with Gasteiger partial charge in [-0.3, -0.25) is 19.6 Å². The molecule has 16 aromatic rings. The number of fused-ring (bicyclic) bond motifs is 13. The second-order valence-electron chi connectivity index (χ2n) is 27.1. The summed E-state index contributed by atoms with van der Waals surface area (Å²) in [5.74, 6) is -2.15. The van der Waals surface area contributed by atoms with Gasteiger partial charge in [-0.15, -0.1) is 62.5 Å². The first-order valence-corrected chi connectivity index (χ1v) is 80.9. The fourth-order valence-corrected chi connectivity index (χ4v) is 145. The number of nitrogens with zero attached hydrogens (tertiary/aromatic N) is 4. The Morgan fingerprint density at radius 3 is 1.09 bits per heavy atom. The lowest BCUT2D eigenvalue weighted by atomic mass is 9.92. The van der Waals surface area contributed by atoms with E-state index in [0.29, 0.717) is 22.3 Å². The van der Waals surface area contributed by atoms with Crippen molar-refractivity contribution in [3.8, 4) is 67.0 Å². The van der Waals surface area contributed by atoms with Crippen molar-refractivity contribution in [3.63, 3.8) is 0 Å². The lowest BCUT2D eigenvalue weighted by molar-refractivity contribution is 0.102. The maximum Gasteiger partial charge on any atom is 0.208 e. The second-order valence-corrected chi connectivity index (χ2v) is 98.8. The molecule has 1 aliphatic carbocycles. The van der Waals surface area contributed by atoms with Crippen LogP contribution in [0.4, 0.5) is 8.78 Å². The van der Waals surface area contributed by atoms with E-state index in [1.807, 2.05) is 6.07 Å². The third-order valence-electron chi connectivity index (χ3n) is 20.1. The Labute approximate surface area is 818 Å². The van der Waals surface area contributed by atoms with E-state index in [0.717, 1.165) is 79.5 Å².